The van der Waals surface area contributed by atoms with Crippen molar-refractivity contribution in [2.24, 2.45) is 5.92 Å². The second-order valence-electron chi connectivity index (χ2n) is 6.40. The predicted molar refractivity (Wildman–Crippen MR) is 87.7 cm³/mol. The fourth-order valence-electron chi connectivity index (χ4n) is 3.64. The summed E-state index contributed by atoms with van der Waals surface area (Å²) < 4.78 is 0. The van der Waals surface area contributed by atoms with Gasteiger partial charge in [-0.2, -0.15) is 0 Å². The summed E-state index contributed by atoms with van der Waals surface area (Å²) in [5.41, 5.74) is 1.32. The molecule has 1 heterocycles. The molecule has 0 saturated heterocycles. The van der Waals surface area contributed by atoms with E-state index in [1.165, 1.54) is 17.8 Å². The number of hydrogen-bond acceptors (Lipinski definition) is 3. The number of aromatic carboxylic acids is 1. The standard InChI is InChI=1S/C17H23NO3S/c19-15(11-7-3-1-4-8-11)18-16-14(17(20)21)12-9-5-2-6-10-13(12)22-16/h11H,1-10H2,(H,18,19)(H,20,21). The van der Waals surface area contributed by atoms with Crippen LogP contribution in [-0.2, 0) is 17.6 Å². The van der Waals surface area contributed by atoms with Crippen LogP contribution >= 0.6 is 11.3 Å². The van der Waals surface area contributed by atoms with Crippen LogP contribution in [0.3, 0.4) is 0 Å². The van der Waals surface area contributed by atoms with Gasteiger partial charge in [-0.15, -0.1) is 11.3 Å². The minimum absolute atomic E-state index is 0.0126. The number of thiophene rings is 1. The number of rotatable bonds is 3. The first-order chi connectivity index (χ1) is 10.7. The van der Waals surface area contributed by atoms with Gasteiger partial charge in [0.1, 0.15) is 5.00 Å². The summed E-state index contributed by atoms with van der Waals surface area (Å²) in [7, 11) is 0. The zero-order valence-corrected chi connectivity index (χ0v) is 13.6. The van der Waals surface area contributed by atoms with Crippen LogP contribution in [0.2, 0.25) is 0 Å². The van der Waals surface area contributed by atoms with E-state index in [1.54, 1.807) is 0 Å². The van der Waals surface area contributed by atoms with Crippen molar-refractivity contribution < 1.29 is 14.7 Å². The molecule has 0 bridgehead atoms. The van der Waals surface area contributed by atoms with Crippen LogP contribution in [0.1, 0.15) is 72.2 Å². The lowest BCUT2D eigenvalue weighted by molar-refractivity contribution is -0.120. The molecule has 3 rings (SSSR count). The summed E-state index contributed by atoms with van der Waals surface area (Å²) in [4.78, 5) is 25.3. The summed E-state index contributed by atoms with van der Waals surface area (Å²) in [5.74, 6) is -0.839. The van der Waals surface area contributed by atoms with E-state index in [9.17, 15) is 14.7 Å². The number of anilines is 1. The molecule has 0 radical (unpaired) electrons. The Hall–Kier alpha value is -1.36. The van der Waals surface area contributed by atoms with Crippen molar-refractivity contribution in [1.29, 1.82) is 0 Å². The van der Waals surface area contributed by atoms with E-state index in [0.29, 0.717) is 10.6 Å². The molecule has 1 amide bonds. The molecule has 1 fully saturated rings. The summed E-state index contributed by atoms with van der Waals surface area (Å²) in [6.45, 7) is 0. The van der Waals surface area contributed by atoms with Crippen molar-refractivity contribution in [3.8, 4) is 0 Å². The number of aryl methyl sites for hydroxylation is 1. The number of carbonyl (C=O) groups excluding carboxylic acids is 1. The third-order valence-electron chi connectivity index (χ3n) is 4.85. The van der Waals surface area contributed by atoms with Crippen molar-refractivity contribution in [2.75, 3.05) is 5.32 Å². The van der Waals surface area contributed by atoms with Gasteiger partial charge in [-0.05, 0) is 44.1 Å². The van der Waals surface area contributed by atoms with Crippen LogP contribution in [0.5, 0.6) is 0 Å². The maximum Gasteiger partial charge on any atom is 0.339 e. The third kappa shape index (κ3) is 3.19. The van der Waals surface area contributed by atoms with E-state index in [4.69, 9.17) is 0 Å². The molecule has 0 unspecified atom stereocenters. The van der Waals surface area contributed by atoms with E-state index < -0.39 is 5.97 Å². The van der Waals surface area contributed by atoms with Gasteiger partial charge in [-0.3, -0.25) is 4.79 Å². The smallest absolute Gasteiger partial charge is 0.339 e. The maximum atomic E-state index is 12.4. The molecular weight excluding hydrogens is 298 g/mol. The van der Waals surface area contributed by atoms with Gasteiger partial charge in [-0.1, -0.05) is 25.7 Å². The molecule has 2 aliphatic carbocycles. The van der Waals surface area contributed by atoms with Gasteiger partial charge in [0.25, 0.3) is 0 Å². The Bertz CT molecular complexity index is 573. The lowest BCUT2D eigenvalue weighted by atomic mass is 9.88. The molecule has 2 N–H and O–H groups in total. The number of carboxylic acids is 1. The van der Waals surface area contributed by atoms with Crippen LogP contribution in [0.15, 0.2) is 0 Å². The molecule has 0 spiro atoms. The Balaban J connectivity index is 1.83. The minimum atomic E-state index is -0.904. The Kier molecular flexibility index (Phi) is 4.81. The molecule has 5 heteroatoms. The summed E-state index contributed by atoms with van der Waals surface area (Å²) in [5, 5.41) is 13.1. The van der Waals surface area contributed by atoms with Gasteiger partial charge in [0, 0.05) is 10.8 Å². The normalized spacial score (nSPS) is 19.3. The van der Waals surface area contributed by atoms with E-state index in [1.807, 2.05) is 0 Å². The molecule has 0 aliphatic heterocycles. The molecule has 1 saturated carbocycles. The molecule has 0 atom stereocenters. The largest absolute Gasteiger partial charge is 0.478 e. The van der Waals surface area contributed by atoms with Crippen molar-refractivity contribution >= 4 is 28.2 Å². The maximum absolute atomic E-state index is 12.4. The summed E-state index contributed by atoms with van der Waals surface area (Å²) in [6, 6.07) is 0. The molecule has 2 aliphatic rings. The number of carboxylic acid groups (broad SMARTS) is 1. The molecule has 4 nitrogen and oxygen atoms in total. The van der Waals surface area contributed by atoms with Crippen molar-refractivity contribution in [1.82, 2.24) is 0 Å². The Labute approximate surface area is 134 Å². The zero-order chi connectivity index (χ0) is 15.5. The predicted octanol–water partition coefficient (Wildman–Crippen LogP) is 4.23. The zero-order valence-electron chi connectivity index (χ0n) is 12.8. The molecule has 0 aromatic carbocycles. The van der Waals surface area contributed by atoms with Crippen molar-refractivity contribution in [3.63, 3.8) is 0 Å². The first kappa shape index (κ1) is 15.5. The highest BCUT2D eigenvalue weighted by Crippen LogP contribution is 2.38. The molecule has 120 valence electrons. The summed E-state index contributed by atoms with van der Waals surface area (Å²) >= 11 is 1.48. The first-order valence-electron chi connectivity index (χ1n) is 8.35. The van der Waals surface area contributed by atoms with Crippen LogP contribution in [0.25, 0.3) is 0 Å². The Morgan fingerprint density at radius 3 is 2.41 bits per heavy atom. The average molecular weight is 321 g/mol. The van der Waals surface area contributed by atoms with E-state index in [2.05, 4.69) is 5.32 Å². The van der Waals surface area contributed by atoms with Gasteiger partial charge in [0.05, 0.1) is 5.56 Å². The quantitative estimate of drug-likeness (QED) is 0.819. The van der Waals surface area contributed by atoms with Crippen LogP contribution in [0, 0.1) is 5.92 Å². The second-order valence-corrected chi connectivity index (χ2v) is 7.50. The van der Waals surface area contributed by atoms with Crippen LogP contribution in [-0.4, -0.2) is 17.0 Å². The Morgan fingerprint density at radius 1 is 1.00 bits per heavy atom. The van der Waals surface area contributed by atoms with E-state index >= 15 is 0 Å². The van der Waals surface area contributed by atoms with Gasteiger partial charge in [0.15, 0.2) is 0 Å². The number of carbonyl (C=O) groups is 2. The number of fused-ring (bicyclic) bond motifs is 1. The average Bonchev–Trinajstić information content (AvgIpc) is 2.69. The minimum Gasteiger partial charge on any atom is -0.478 e. The van der Waals surface area contributed by atoms with Gasteiger partial charge in [0.2, 0.25) is 5.91 Å². The fourth-order valence-corrected chi connectivity index (χ4v) is 4.92. The van der Waals surface area contributed by atoms with Gasteiger partial charge in [-0.25, -0.2) is 4.79 Å². The number of nitrogens with one attached hydrogen (secondary N) is 1. The molecular formula is C17H23NO3S. The highest BCUT2D eigenvalue weighted by molar-refractivity contribution is 7.17. The Morgan fingerprint density at radius 2 is 1.68 bits per heavy atom. The molecule has 22 heavy (non-hydrogen) atoms. The topological polar surface area (TPSA) is 66.4 Å². The number of amides is 1. The highest BCUT2D eigenvalue weighted by atomic mass is 32.1. The fraction of sp³-hybridized carbons (Fsp3) is 0.647. The first-order valence-corrected chi connectivity index (χ1v) is 9.17. The lowest BCUT2D eigenvalue weighted by Crippen LogP contribution is -2.25. The monoisotopic (exact) mass is 321 g/mol. The van der Waals surface area contributed by atoms with Crippen molar-refractivity contribution in [2.45, 2.75) is 64.2 Å². The van der Waals surface area contributed by atoms with E-state index in [-0.39, 0.29) is 11.8 Å². The molecule has 1 aromatic rings. The second kappa shape index (κ2) is 6.82. The van der Waals surface area contributed by atoms with Crippen LogP contribution in [0.4, 0.5) is 5.00 Å². The van der Waals surface area contributed by atoms with Crippen LogP contribution < -0.4 is 5.32 Å². The summed E-state index contributed by atoms with van der Waals surface area (Å²) in [6.07, 6.45) is 10.4. The molecule has 1 aromatic heterocycles. The SMILES string of the molecule is O=C(O)c1c(NC(=O)C2CCCCC2)sc2c1CCCCC2. The third-order valence-corrected chi connectivity index (χ3v) is 6.06. The highest BCUT2D eigenvalue weighted by Gasteiger charge is 2.27. The van der Waals surface area contributed by atoms with Gasteiger partial charge < -0.3 is 10.4 Å². The van der Waals surface area contributed by atoms with E-state index in [0.717, 1.165) is 68.2 Å². The van der Waals surface area contributed by atoms with Crippen molar-refractivity contribution in [3.05, 3.63) is 16.0 Å². The lowest BCUT2D eigenvalue weighted by Gasteiger charge is -2.20. The number of hydrogen-bond donors (Lipinski definition) is 2. The van der Waals surface area contributed by atoms with Gasteiger partial charge >= 0.3 is 5.97 Å².